The van der Waals surface area contributed by atoms with E-state index in [1.807, 2.05) is 12.1 Å². The van der Waals surface area contributed by atoms with Crippen molar-refractivity contribution in [1.29, 1.82) is 0 Å². The second-order valence-corrected chi connectivity index (χ2v) is 3.70. The van der Waals surface area contributed by atoms with Crippen molar-refractivity contribution in [3.63, 3.8) is 0 Å². The molecule has 0 amide bonds. The first kappa shape index (κ1) is 10.6. The number of methoxy groups -OCH3 is 1. The van der Waals surface area contributed by atoms with E-state index >= 15 is 0 Å². The largest absolute Gasteiger partial charge is 0.494 e. The normalized spacial score (nSPS) is 10.5. The Morgan fingerprint density at radius 1 is 1.00 bits per heavy atom. The highest BCUT2D eigenvalue weighted by Gasteiger charge is 2.06. The summed E-state index contributed by atoms with van der Waals surface area (Å²) in [5.74, 6) is 1.33. The van der Waals surface area contributed by atoms with Gasteiger partial charge in [-0.2, -0.15) is 0 Å². The molecule has 0 aromatic carbocycles. The monoisotopic (exact) mass is 238 g/mol. The summed E-state index contributed by atoms with van der Waals surface area (Å²) in [5.41, 5.74) is 1.69. The first-order valence-corrected chi connectivity index (χ1v) is 5.43. The summed E-state index contributed by atoms with van der Waals surface area (Å²) in [6, 6.07) is 3.74. The van der Waals surface area contributed by atoms with Crippen LogP contribution in [0.2, 0.25) is 0 Å². The molecule has 3 aromatic rings. The minimum absolute atomic E-state index is 0.653. The molecule has 0 aliphatic rings. The molecule has 0 fully saturated rings. The van der Waals surface area contributed by atoms with Gasteiger partial charge in [-0.1, -0.05) is 0 Å². The van der Waals surface area contributed by atoms with Gasteiger partial charge in [0.05, 0.1) is 30.4 Å². The Morgan fingerprint density at radius 2 is 1.83 bits per heavy atom. The van der Waals surface area contributed by atoms with Gasteiger partial charge in [-0.15, -0.1) is 0 Å². The number of hydrogen-bond donors (Lipinski definition) is 0. The zero-order valence-corrected chi connectivity index (χ0v) is 9.74. The first-order chi connectivity index (χ1) is 8.88. The lowest BCUT2D eigenvalue weighted by Crippen LogP contribution is -1.93. The molecule has 0 radical (unpaired) electrons. The number of hydrogen-bond acceptors (Lipinski definition) is 5. The fraction of sp³-hybridized carbons (Fsp3) is 0.0769. The van der Waals surface area contributed by atoms with Crippen molar-refractivity contribution in [2.75, 3.05) is 7.11 Å². The van der Waals surface area contributed by atoms with Crippen LogP contribution in [0.15, 0.2) is 43.1 Å². The maximum absolute atomic E-state index is 5.22. The SMILES string of the molecule is COc1cncc2nc(-c3ccncc3)ncc12. The maximum atomic E-state index is 5.22. The van der Waals surface area contributed by atoms with Gasteiger partial charge in [0.25, 0.3) is 0 Å². The number of rotatable bonds is 2. The summed E-state index contributed by atoms with van der Waals surface area (Å²) in [7, 11) is 1.60. The van der Waals surface area contributed by atoms with Gasteiger partial charge in [0, 0.05) is 24.2 Å². The van der Waals surface area contributed by atoms with Crippen molar-refractivity contribution in [3.8, 4) is 17.1 Å². The number of nitrogens with zero attached hydrogens (tertiary/aromatic N) is 4. The molecule has 0 saturated heterocycles. The van der Waals surface area contributed by atoms with Gasteiger partial charge >= 0.3 is 0 Å². The molecular formula is C13H10N4O. The van der Waals surface area contributed by atoms with Gasteiger partial charge in [0.1, 0.15) is 5.75 Å². The molecule has 5 nitrogen and oxygen atoms in total. The van der Waals surface area contributed by atoms with Gasteiger partial charge in [0.2, 0.25) is 0 Å². The van der Waals surface area contributed by atoms with Crippen LogP contribution in [-0.4, -0.2) is 27.0 Å². The molecular weight excluding hydrogens is 228 g/mol. The van der Waals surface area contributed by atoms with Crippen LogP contribution < -0.4 is 4.74 Å². The number of fused-ring (bicyclic) bond motifs is 1. The number of pyridine rings is 2. The van der Waals surface area contributed by atoms with Crippen LogP contribution in [0.5, 0.6) is 5.75 Å². The van der Waals surface area contributed by atoms with E-state index in [1.165, 1.54) is 0 Å². The van der Waals surface area contributed by atoms with Crippen molar-refractivity contribution < 1.29 is 4.74 Å². The molecule has 18 heavy (non-hydrogen) atoms. The minimum atomic E-state index is 0.653. The molecule has 0 aliphatic carbocycles. The maximum Gasteiger partial charge on any atom is 0.159 e. The van der Waals surface area contributed by atoms with Crippen molar-refractivity contribution >= 4 is 10.9 Å². The smallest absolute Gasteiger partial charge is 0.159 e. The van der Waals surface area contributed by atoms with Crippen LogP contribution in [0, 0.1) is 0 Å². The third-order valence-electron chi connectivity index (χ3n) is 2.63. The zero-order valence-electron chi connectivity index (χ0n) is 9.74. The Labute approximate surface area is 104 Å². The molecule has 0 aliphatic heterocycles. The molecule has 88 valence electrons. The van der Waals surface area contributed by atoms with Crippen LogP contribution in [0.1, 0.15) is 0 Å². The van der Waals surface area contributed by atoms with Gasteiger partial charge in [-0.25, -0.2) is 9.97 Å². The molecule has 0 saturated carbocycles. The zero-order chi connectivity index (χ0) is 12.4. The van der Waals surface area contributed by atoms with Gasteiger partial charge in [0.15, 0.2) is 5.82 Å². The van der Waals surface area contributed by atoms with E-state index in [-0.39, 0.29) is 0 Å². The topological polar surface area (TPSA) is 60.8 Å². The van der Waals surface area contributed by atoms with E-state index in [2.05, 4.69) is 19.9 Å². The van der Waals surface area contributed by atoms with Crippen LogP contribution in [-0.2, 0) is 0 Å². The van der Waals surface area contributed by atoms with Crippen molar-refractivity contribution in [1.82, 2.24) is 19.9 Å². The van der Waals surface area contributed by atoms with Crippen LogP contribution >= 0.6 is 0 Å². The molecule has 0 bridgehead atoms. The summed E-state index contributed by atoms with van der Waals surface area (Å²) in [6.45, 7) is 0. The lowest BCUT2D eigenvalue weighted by Gasteiger charge is -2.05. The van der Waals surface area contributed by atoms with E-state index in [9.17, 15) is 0 Å². The van der Waals surface area contributed by atoms with Gasteiger partial charge in [-0.3, -0.25) is 9.97 Å². The second kappa shape index (κ2) is 4.37. The quantitative estimate of drug-likeness (QED) is 0.684. The predicted molar refractivity (Wildman–Crippen MR) is 67.1 cm³/mol. The summed E-state index contributed by atoms with van der Waals surface area (Å²) in [5, 5.41) is 0.852. The molecule has 3 rings (SSSR count). The van der Waals surface area contributed by atoms with E-state index in [1.54, 1.807) is 38.1 Å². The standard InChI is InChI=1S/C13H10N4O/c1-18-12-8-15-7-11-10(12)6-16-13(17-11)9-2-4-14-5-3-9/h2-8H,1H3. The molecule has 0 atom stereocenters. The van der Waals surface area contributed by atoms with E-state index < -0.39 is 0 Å². The lowest BCUT2D eigenvalue weighted by atomic mass is 10.2. The highest BCUT2D eigenvalue weighted by atomic mass is 16.5. The Balaban J connectivity index is 2.18. The van der Waals surface area contributed by atoms with E-state index in [0.29, 0.717) is 11.6 Å². The molecule has 3 aromatic heterocycles. The molecule has 3 heterocycles. The third-order valence-corrected chi connectivity index (χ3v) is 2.63. The first-order valence-electron chi connectivity index (χ1n) is 5.43. The van der Waals surface area contributed by atoms with Crippen molar-refractivity contribution in [2.45, 2.75) is 0 Å². The van der Waals surface area contributed by atoms with Gasteiger partial charge < -0.3 is 4.74 Å². The fourth-order valence-corrected chi connectivity index (χ4v) is 1.73. The van der Waals surface area contributed by atoms with Crippen molar-refractivity contribution in [3.05, 3.63) is 43.1 Å². The Kier molecular flexibility index (Phi) is 2.57. The Morgan fingerprint density at radius 3 is 2.61 bits per heavy atom. The van der Waals surface area contributed by atoms with Crippen LogP contribution in [0.4, 0.5) is 0 Å². The highest BCUT2D eigenvalue weighted by molar-refractivity contribution is 5.84. The third kappa shape index (κ3) is 1.75. The molecule has 0 N–H and O–H groups in total. The molecule has 5 heteroatoms. The van der Waals surface area contributed by atoms with Crippen molar-refractivity contribution in [2.24, 2.45) is 0 Å². The Hall–Kier alpha value is -2.56. The average Bonchev–Trinajstić information content (AvgIpc) is 2.47. The van der Waals surface area contributed by atoms with Gasteiger partial charge in [-0.05, 0) is 12.1 Å². The Bertz CT molecular complexity index is 685. The fourth-order valence-electron chi connectivity index (χ4n) is 1.73. The number of ether oxygens (including phenoxy) is 1. The summed E-state index contributed by atoms with van der Waals surface area (Å²) in [6.07, 6.45) is 8.53. The highest BCUT2D eigenvalue weighted by Crippen LogP contribution is 2.23. The van der Waals surface area contributed by atoms with E-state index in [0.717, 1.165) is 16.5 Å². The minimum Gasteiger partial charge on any atom is -0.494 e. The second-order valence-electron chi connectivity index (χ2n) is 3.70. The molecule has 0 spiro atoms. The predicted octanol–water partition coefficient (Wildman–Crippen LogP) is 2.10. The number of aromatic nitrogens is 4. The van der Waals surface area contributed by atoms with Crippen LogP contribution in [0.25, 0.3) is 22.3 Å². The summed E-state index contributed by atoms with van der Waals surface area (Å²) in [4.78, 5) is 16.9. The lowest BCUT2D eigenvalue weighted by molar-refractivity contribution is 0.418. The molecule has 0 unspecified atom stereocenters. The summed E-state index contributed by atoms with van der Waals surface area (Å²) < 4.78 is 5.22. The van der Waals surface area contributed by atoms with E-state index in [4.69, 9.17) is 4.74 Å². The van der Waals surface area contributed by atoms with Crippen LogP contribution in [0.3, 0.4) is 0 Å². The summed E-state index contributed by atoms with van der Waals surface area (Å²) >= 11 is 0. The average molecular weight is 238 g/mol.